The van der Waals surface area contributed by atoms with Gasteiger partial charge in [0.05, 0.1) is 33.5 Å². The highest BCUT2D eigenvalue weighted by Crippen LogP contribution is 2.39. The van der Waals surface area contributed by atoms with Crippen molar-refractivity contribution < 1.29 is 4.42 Å². The second kappa shape index (κ2) is 13.9. The molecule has 0 aliphatic rings. The number of fused-ring (bicyclic) bond motifs is 9. The van der Waals surface area contributed by atoms with E-state index in [1.807, 2.05) is 66.7 Å². The molecule has 0 fully saturated rings. The smallest absolute Gasteiger partial charge is 0.238 e. The normalized spacial score (nSPS) is 11.8. The van der Waals surface area contributed by atoms with Gasteiger partial charge in [0.2, 0.25) is 11.9 Å². The molecule has 0 saturated carbocycles. The summed E-state index contributed by atoms with van der Waals surface area (Å²) in [6.45, 7) is 0. The molecule has 9 heteroatoms. The van der Waals surface area contributed by atoms with E-state index in [9.17, 15) is 0 Å². The first-order valence-electron chi connectivity index (χ1n) is 20.8. The van der Waals surface area contributed by atoms with Crippen molar-refractivity contribution in [2.24, 2.45) is 0 Å². The van der Waals surface area contributed by atoms with Crippen molar-refractivity contribution in [1.82, 2.24) is 39.0 Å². The second-order valence-electron chi connectivity index (χ2n) is 15.6. The van der Waals surface area contributed by atoms with E-state index in [1.54, 1.807) is 12.5 Å². The minimum absolute atomic E-state index is 0.535. The largest absolute Gasteiger partial charge is 0.454 e. The first-order chi connectivity index (χ1) is 31.2. The van der Waals surface area contributed by atoms with Crippen LogP contribution in [0.25, 0.3) is 123 Å². The van der Waals surface area contributed by atoms with Crippen molar-refractivity contribution >= 4 is 65.7 Å². The van der Waals surface area contributed by atoms with Gasteiger partial charge in [0.1, 0.15) is 17.4 Å². The maximum Gasteiger partial charge on any atom is 0.238 e. The van der Waals surface area contributed by atoms with Gasteiger partial charge in [-0.1, -0.05) is 115 Å². The predicted molar refractivity (Wildman–Crippen MR) is 251 cm³/mol. The van der Waals surface area contributed by atoms with Crippen molar-refractivity contribution in [2.75, 3.05) is 0 Å². The zero-order chi connectivity index (χ0) is 41.4. The lowest BCUT2D eigenvalue weighted by molar-refractivity contribution is 0.668. The Hall–Kier alpha value is -8.82. The van der Waals surface area contributed by atoms with Crippen LogP contribution in [0.4, 0.5) is 0 Å². The molecule has 0 radical (unpaired) electrons. The van der Waals surface area contributed by atoms with Gasteiger partial charge < -0.3 is 4.42 Å². The molecule has 0 amide bonds. The fraction of sp³-hybridized carbons (Fsp3) is 0. The van der Waals surface area contributed by atoms with Crippen LogP contribution >= 0.6 is 0 Å². The lowest BCUT2D eigenvalue weighted by Crippen LogP contribution is -2.04. The van der Waals surface area contributed by atoms with E-state index in [-0.39, 0.29) is 0 Å². The molecule has 0 unspecified atom stereocenters. The van der Waals surface area contributed by atoms with E-state index < -0.39 is 0 Å². The van der Waals surface area contributed by atoms with Gasteiger partial charge in [-0.25, -0.2) is 19.9 Å². The highest BCUT2D eigenvalue weighted by Gasteiger charge is 2.20. The van der Waals surface area contributed by atoms with Crippen LogP contribution in [0.1, 0.15) is 0 Å². The van der Waals surface area contributed by atoms with Gasteiger partial charge in [-0.2, -0.15) is 4.98 Å². The molecular weight excluding hydrogens is 777 g/mol. The van der Waals surface area contributed by atoms with Crippen LogP contribution in [-0.4, -0.2) is 39.0 Å². The molecule has 7 aromatic carbocycles. The summed E-state index contributed by atoms with van der Waals surface area (Å²) >= 11 is 0. The molecule has 13 aromatic rings. The quantitative estimate of drug-likeness (QED) is 0.165. The van der Waals surface area contributed by atoms with Gasteiger partial charge in [-0.3, -0.25) is 14.1 Å². The number of furan rings is 1. The minimum atomic E-state index is 0.535. The number of rotatable bonds is 6. The Morgan fingerprint density at radius 2 is 0.952 bits per heavy atom. The van der Waals surface area contributed by atoms with E-state index in [0.29, 0.717) is 17.7 Å². The van der Waals surface area contributed by atoms with E-state index in [0.717, 1.165) is 105 Å². The van der Waals surface area contributed by atoms with Crippen molar-refractivity contribution in [3.05, 3.63) is 195 Å². The molecule has 0 saturated heterocycles. The first-order valence-corrected chi connectivity index (χ1v) is 20.8. The third-order valence-corrected chi connectivity index (χ3v) is 12.0. The average molecular weight is 809 g/mol. The molecular formula is C54H32N8O. The van der Waals surface area contributed by atoms with E-state index in [1.165, 1.54) is 0 Å². The van der Waals surface area contributed by atoms with E-state index >= 15 is 0 Å². The summed E-state index contributed by atoms with van der Waals surface area (Å²) in [5, 5.41) is 5.37. The maximum atomic E-state index is 6.04. The number of hydrogen-bond acceptors (Lipinski definition) is 7. The molecule has 294 valence electrons. The van der Waals surface area contributed by atoms with Crippen molar-refractivity contribution in [2.45, 2.75) is 0 Å². The molecule has 6 heterocycles. The van der Waals surface area contributed by atoms with Crippen LogP contribution < -0.4 is 0 Å². The Morgan fingerprint density at radius 1 is 0.349 bits per heavy atom. The molecule has 63 heavy (non-hydrogen) atoms. The molecule has 0 N–H and O–H groups in total. The molecule has 0 aliphatic heterocycles. The summed E-state index contributed by atoms with van der Waals surface area (Å²) < 4.78 is 10.4. The van der Waals surface area contributed by atoms with Gasteiger partial charge in [-0.05, 0) is 77.9 Å². The average Bonchev–Trinajstić information content (AvgIpc) is 4.01. The number of nitrogens with zero attached hydrogens (tertiary/aromatic N) is 8. The Morgan fingerprint density at radius 3 is 1.71 bits per heavy atom. The van der Waals surface area contributed by atoms with E-state index in [2.05, 4.69) is 134 Å². The highest BCUT2D eigenvalue weighted by atomic mass is 16.3. The van der Waals surface area contributed by atoms with Crippen LogP contribution in [0.3, 0.4) is 0 Å². The SMILES string of the molecule is c1ccc(-c2cc(-c3ccccc3)nc(-n3c4ccccc4c4ccc(-c5ccc6c(c5)c5ccccc5n6-c5ncnc(-c6ccc7oc8cccnc8c7c6)n5)cc43)n2)cc1. The number of benzene rings is 7. The summed E-state index contributed by atoms with van der Waals surface area (Å²) in [5.41, 5.74) is 13.2. The van der Waals surface area contributed by atoms with Gasteiger partial charge in [0.25, 0.3) is 0 Å². The number of aromatic nitrogens is 8. The van der Waals surface area contributed by atoms with Gasteiger partial charge in [0, 0.05) is 49.8 Å². The summed E-state index contributed by atoms with van der Waals surface area (Å²) in [6, 6.07) is 62.7. The Balaban J connectivity index is 0.961. The van der Waals surface area contributed by atoms with Crippen LogP contribution in [-0.2, 0) is 0 Å². The lowest BCUT2D eigenvalue weighted by Gasteiger charge is -2.12. The number of para-hydroxylation sites is 2. The number of hydrogen-bond donors (Lipinski definition) is 0. The van der Waals surface area contributed by atoms with Crippen LogP contribution in [0.2, 0.25) is 0 Å². The zero-order valence-corrected chi connectivity index (χ0v) is 33.5. The Labute approximate surface area is 359 Å². The molecule has 0 spiro atoms. The standard InChI is InChI=1S/C54H32N8O/c1-3-12-33(13-4-1)43-31-44(34-14-5-2-6-15-34)59-54(58-43)62-45-18-9-7-16-38(45)40-24-21-36(30-48(40)62)35-22-25-47-41(28-35)39-17-8-10-19-46(39)61(47)53-57-32-56-52(60-53)37-23-26-49-42(29-37)51-50(63-49)20-11-27-55-51/h1-32H. The summed E-state index contributed by atoms with van der Waals surface area (Å²) in [5.74, 6) is 1.71. The Bertz CT molecular complexity index is 3870. The fourth-order valence-corrected chi connectivity index (χ4v) is 9.05. The maximum absolute atomic E-state index is 6.04. The molecule has 13 rings (SSSR count). The third kappa shape index (κ3) is 5.64. The van der Waals surface area contributed by atoms with Crippen LogP contribution in [0, 0.1) is 0 Å². The van der Waals surface area contributed by atoms with E-state index in [4.69, 9.17) is 24.4 Å². The van der Waals surface area contributed by atoms with Gasteiger partial charge >= 0.3 is 0 Å². The predicted octanol–water partition coefficient (Wildman–Crippen LogP) is 12.8. The van der Waals surface area contributed by atoms with Crippen molar-refractivity contribution in [3.8, 4) is 56.9 Å². The third-order valence-electron chi connectivity index (χ3n) is 12.0. The first kappa shape index (κ1) is 35.0. The zero-order valence-electron chi connectivity index (χ0n) is 33.5. The Kier molecular flexibility index (Phi) is 7.70. The molecule has 6 aromatic heterocycles. The summed E-state index contributed by atoms with van der Waals surface area (Å²) in [7, 11) is 0. The highest BCUT2D eigenvalue weighted by molar-refractivity contribution is 6.12. The number of pyridine rings is 1. The molecule has 9 nitrogen and oxygen atoms in total. The summed E-state index contributed by atoms with van der Waals surface area (Å²) in [4.78, 5) is 29.5. The molecule has 0 atom stereocenters. The molecule has 0 bridgehead atoms. The van der Waals surface area contributed by atoms with Crippen LogP contribution in [0.5, 0.6) is 0 Å². The fourth-order valence-electron chi connectivity index (χ4n) is 9.05. The lowest BCUT2D eigenvalue weighted by atomic mass is 10.0. The topological polar surface area (TPSA) is 100 Å². The van der Waals surface area contributed by atoms with Gasteiger partial charge in [0.15, 0.2) is 11.4 Å². The van der Waals surface area contributed by atoms with Crippen molar-refractivity contribution in [1.29, 1.82) is 0 Å². The summed E-state index contributed by atoms with van der Waals surface area (Å²) in [6.07, 6.45) is 3.36. The molecule has 0 aliphatic carbocycles. The monoisotopic (exact) mass is 808 g/mol. The second-order valence-corrected chi connectivity index (χ2v) is 15.6. The van der Waals surface area contributed by atoms with Gasteiger partial charge in [-0.15, -0.1) is 0 Å². The van der Waals surface area contributed by atoms with Crippen LogP contribution in [0.15, 0.2) is 199 Å². The minimum Gasteiger partial charge on any atom is -0.454 e. The van der Waals surface area contributed by atoms with Crippen molar-refractivity contribution in [3.63, 3.8) is 0 Å².